The summed E-state index contributed by atoms with van der Waals surface area (Å²) in [5.41, 5.74) is 6.70. The van der Waals surface area contributed by atoms with Crippen LogP contribution in [0.15, 0.2) is 24.5 Å². The number of tetrazole rings is 1. The van der Waals surface area contributed by atoms with Crippen molar-refractivity contribution in [2.45, 2.75) is 6.04 Å². The van der Waals surface area contributed by atoms with Crippen LogP contribution in [-0.4, -0.2) is 25.6 Å². The van der Waals surface area contributed by atoms with Crippen LogP contribution in [0.25, 0.3) is 0 Å². The summed E-state index contributed by atoms with van der Waals surface area (Å²) in [6.07, 6.45) is 3.37. The molecular weight excluding hydrogens is 168 g/mol. The summed E-state index contributed by atoms with van der Waals surface area (Å²) in [7, 11) is 0. The maximum atomic E-state index is 5.84. The molecular formula is C7H8N6. The molecule has 2 aromatic rings. The van der Waals surface area contributed by atoms with Crippen molar-refractivity contribution in [1.29, 1.82) is 0 Å². The molecule has 0 aromatic carbocycles. The topological polar surface area (TPSA) is 93.4 Å². The van der Waals surface area contributed by atoms with Gasteiger partial charge in [-0.3, -0.25) is 4.98 Å². The first-order valence-electron chi connectivity index (χ1n) is 3.77. The van der Waals surface area contributed by atoms with Gasteiger partial charge in [-0.25, -0.2) is 0 Å². The zero-order chi connectivity index (χ0) is 9.10. The van der Waals surface area contributed by atoms with Crippen LogP contribution in [0, 0.1) is 0 Å². The summed E-state index contributed by atoms with van der Waals surface area (Å²) in [5, 5.41) is 13.4. The fourth-order valence-corrected chi connectivity index (χ4v) is 1.01. The van der Waals surface area contributed by atoms with Gasteiger partial charge in [0.05, 0.1) is 6.04 Å². The lowest BCUT2D eigenvalue weighted by Crippen LogP contribution is -2.13. The predicted molar refractivity (Wildman–Crippen MR) is 44.4 cm³/mol. The first-order valence-corrected chi connectivity index (χ1v) is 3.77. The highest BCUT2D eigenvalue weighted by Gasteiger charge is 2.12. The predicted octanol–water partition coefficient (Wildman–Crippen LogP) is -0.357. The lowest BCUT2D eigenvalue weighted by Gasteiger charge is -2.04. The molecule has 0 fully saturated rings. The first kappa shape index (κ1) is 7.81. The molecule has 66 valence electrons. The van der Waals surface area contributed by atoms with Gasteiger partial charge in [0.25, 0.3) is 0 Å². The van der Waals surface area contributed by atoms with Gasteiger partial charge < -0.3 is 5.73 Å². The van der Waals surface area contributed by atoms with Crippen molar-refractivity contribution >= 4 is 0 Å². The highest BCUT2D eigenvalue weighted by Crippen LogP contribution is 2.12. The van der Waals surface area contributed by atoms with Crippen molar-refractivity contribution in [1.82, 2.24) is 25.6 Å². The monoisotopic (exact) mass is 176 g/mol. The highest BCUT2D eigenvalue weighted by atomic mass is 15.5. The number of H-pyrrole nitrogens is 1. The Balaban J connectivity index is 2.29. The average molecular weight is 176 g/mol. The van der Waals surface area contributed by atoms with Gasteiger partial charge in [-0.05, 0) is 11.6 Å². The number of nitrogens with two attached hydrogens (primary N) is 1. The minimum Gasteiger partial charge on any atom is -0.317 e. The minimum atomic E-state index is -0.368. The second kappa shape index (κ2) is 3.28. The number of aromatic nitrogens is 5. The zero-order valence-corrected chi connectivity index (χ0v) is 6.75. The van der Waals surface area contributed by atoms with Crippen LogP contribution in [0.1, 0.15) is 17.4 Å². The van der Waals surface area contributed by atoms with Gasteiger partial charge >= 0.3 is 0 Å². The molecule has 1 unspecified atom stereocenters. The Morgan fingerprint density at radius 2 is 2.38 bits per heavy atom. The zero-order valence-electron chi connectivity index (χ0n) is 6.75. The quantitative estimate of drug-likeness (QED) is 0.651. The van der Waals surface area contributed by atoms with Crippen LogP contribution in [0.4, 0.5) is 0 Å². The van der Waals surface area contributed by atoms with Gasteiger partial charge in [0.1, 0.15) is 0 Å². The standard InChI is InChI=1S/C7H8N6/c8-6(7-10-12-13-11-7)5-2-1-3-9-4-5/h1-4,6H,8H2,(H,10,11,12,13). The smallest absolute Gasteiger partial charge is 0.195 e. The number of nitrogens with zero attached hydrogens (tertiary/aromatic N) is 4. The Bertz CT molecular complexity index is 356. The molecule has 6 nitrogen and oxygen atoms in total. The molecule has 0 bridgehead atoms. The Hall–Kier alpha value is -1.82. The van der Waals surface area contributed by atoms with E-state index in [1.54, 1.807) is 12.4 Å². The molecule has 0 aliphatic carbocycles. The molecule has 1 atom stereocenters. The van der Waals surface area contributed by atoms with E-state index in [1.807, 2.05) is 12.1 Å². The second-order valence-corrected chi connectivity index (χ2v) is 2.53. The summed E-state index contributed by atoms with van der Waals surface area (Å²) >= 11 is 0. The van der Waals surface area contributed by atoms with E-state index in [1.165, 1.54) is 0 Å². The lowest BCUT2D eigenvalue weighted by atomic mass is 10.1. The number of pyridine rings is 1. The van der Waals surface area contributed by atoms with Crippen molar-refractivity contribution in [2.75, 3.05) is 0 Å². The summed E-state index contributed by atoms with van der Waals surface area (Å²) in [6, 6.07) is 3.32. The van der Waals surface area contributed by atoms with Crippen LogP contribution in [-0.2, 0) is 0 Å². The number of hydrogen-bond acceptors (Lipinski definition) is 5. The third-order valence-corrected chi connectivity index (χ3v) is 1.68. The van der Waals surface area contributed by atoms with E-state index in [-0.39, 0.29) is 6.04 Å². The number of nitrogens with one attached hydrogen (secondary N) is 1. The van der Waals surface area contributed by atoms with E-state index in [2.05, 4.69) is 25.6 Å². The molecule has 2 rings (SSSR count). The van der Waals surface area contributed by atoms with Gasteiger partial charge in [-0.1, -0.05) is 11.3 Å². The molecule has 0 saturated heterocycles. The number of hydrogen-bond donors (Lipinski definition) is 2. The molecule has 6 heteroatoms. The van der Waals surface area contributed by atoms with E-state index < -0.39 is 0 Å². The van der Waals surface area contributed by atoms with E-state index in [0.29, 0.717) is 5.82 Å². The second-order valence-electron chi connectivity index (χ2n) is 2.53. The summed E-state index contributed by atoms with van der Waals surface area (Å²) in [5.74, 6) is 0.466. The molecule has 0 aliphatic heterocycles. The first-order chi connectivity index (χ1) is 6.38. The van der Waals surface area contributed by atoms with Gasteiger partial charge in [-0.15, -0.1) is 10.2 Å². The maximum Gasteiger partial charge on any atom is 0.195 e. The number of rotatable bonds is 2. The third-order valence-electron chi connectivity index (χ3n) is 1.68. The summed E-state index contributed by atoms with van der Waals surface area (Å²) in [4.78, 5) is 3.95. The lowest BCUT2D eigenvalue weighted by molar-refractivity contribution is 0.780. The van der Waals surface area contributed by atoms with Gasteiger partial charge in [0, 0.05) is 12.4 Å². The fourth-order valence-electron chi connectivity index (χ4n) is 1.01. The van der Waals surface area contributed by atoms with Crippen molar-refractivity contribution in [2.24, 2.45) is 5.73 Å². The van der Waals surface area contributed by atoms with Gasteiger partial charge in [-0.2, -0.15) is 5.21 Å². The Morgan fingerprint density at radius 3 is 3.00 bits per heavy atom. The molecule has 0 aliphatic rings. The largest absolute Gasteiger partial charge is 0.317 e. The molecule has 0 saturated carbocycles. The average Bonchev–Trinajstić information content (AvgIpc) is 2.71. The highest BCUT2D eigenvalue weighted by molar-refractivity contribution is 5.19. The molecule has 0 radical (unpaired) electrons. The van der Waals surface area contributed by atoms with Crippen LogP contribution in [0.3, 0.4) is 0 Å². The van der Waals surface area contributed by atoms with Crippen molar-refractivity contribution in [3.05, 3.63) is 35.9 Å². The van der Waals surface area contributed by atoms with E-state index in [9.17, 15) is 0 Å². The third kappa shape index (κ3) is 1.52. The Morgan fingerprint density at radius 1 is 1.46 bits per heavy atom. The summed E-state index contributed by atoms with van der Waals surface area (Å²) < 4.78 is 0. The number of aromatic amines is 1. The minimum absolute atomic E-state index is 0.368. The Labute approximate surface area is 74.2 Å². The molecule has 2 heterocycles. The van der Waals surface area contributed by atoms with Crippen LogP contribution in [0.5, 0.6) is 0 Å². The van der Waals surface area contributed by atoms with Gasteiger partial charge in [0.2, 0.25) is 0 Å². The van der Waals surface area contributed by atoms with Crippen molar-refractivity contribution in [3.8, 4) is 0 Å². The Kier molecular flexibility index (Phi) is 1.97. The van der Waals surface area contributed by atoms with Gasteiger partial charge in [0.15, 0.2) is 5.82 Å². The SMILES string of the molecule is NC(c1cccnc1)c1nn[nH]n1. The molecule has 3 N–H and O–H groups in total. The van der Waals surface area contributed by atoms with Crippen LogP contribution in [0.2, 0.25) is 0 Å². The molecule has 13 heavy (non-hydrogen) atoms. The van der Waals surface area contributed by atoms with Crippen molar-refractivity contribution < 1.29 is 0 Å². The van der Waals surface area contributed by atoms with Crippen LogP contribution >= 0.6 is 0 Å². The van der Waals surface area contributed by atoms with Crippen LogP contribution < -0.4 is 5.73 Å². The van der Waals surface area contributed by atoms with E-state index in [0.717, 1.165) is 5.56 Å². The van der Waals surface area contributed by atoms with Crippen molar-refractivity contribution in [3.63, 3.8) is 0 Å². The maximum absolute atomic E-state index is 5.84. The normalized spacial score (nSPS) is 12.7. The molecule has 0 amide bonds. The fraction of sp³-hybridized carbons (Fsp3) is 0.143. The molecule has 2 aromatic heterocycles. The van der Waals surface area contributed by atoms with E-state index >= 15 is 0 Å². The summed E-state index contributed by atoms with van der Waals surface area (Å²) in [6.45, 7) is 0. The van der Waals surface area contributed by atoms with E-state index in [4.69, 9.17) is 5.73 Å². The molecule has 0 spiro atoms.